The molecule has 1 aromatic rings. The van der Waals surface area contributed by atoms with Crippen LogP contribution < -0.4 is 5.32 Å². The average Bonchev–Trinajstić information content (AvgIpc) is 2.96. The molecule has 0 amide bonds. The molecule has 1 aliphatic rings. The zero-order chi connectivity index (χ0) is 10.7. The highest BCUT2D eigenvalue weighted by Crippen LogP contribution is 2.36. The summed E-state index contributed by atoms with van der Waals surface area (Å²) in [6.07, 6.45) is 6.71. The molecular formula is C11H19N3O. The Morgan fingerprint density at radius 3 is 3.13 bits per heavy atom. The van der Waals surface area contributed by atoms with Crippen LogP contribution in [0.15, 0.2) is 12.5 Å². The van der Waals surface area contributed by atoms with E-state index in [-0.39, 0.29) is 0 Å². The Balaban J connectivity index is 1.92. The molecule has 1 unspecified atom stereocenters. The number of rotatable bonds is 6. The molecule has 15 heavy (non-hydrogen) atoms. The van der Waals surface area contributed by atoms with Gasteiger partial charge in [0.25, 0.3) is 0 Å². The lowest BCUT2D eigenvalue weighted by Crippen LogP contribution is -2.23. The first kappa shape index (κ1) is 10.6. The van der Waals surface area contributed by atoms with Crippen molar-refractivity contribution in [1.82, 2.24) is 14.9 Å². The molecular weight excluding hydrogens is 190 g/mol. The summed E-state index contributed by atoms with van der Waals surface area (Å²) < 4.78 is 2.11. The van der Waals surface area contributed by atoms with Gasteiger partial charge in [0.1, 0.15) is 6.10 Å². The van der Waals surface area contributed by atoms with Crippen LogP contribution in [0.25, 0.3) is 0 Å². The molecule has 1 fully saturated rings. The number of aliphatic hydroxyl groups excluding tert-OH is 1. The van der Waals surface area contributed by atoms with Crippen LogP contribution in [0.4, 0.5) is 0 Å². The van der Waals surface area contributed by atoms with Crippen molar-refractivity contribution < 1.29 is 5.11 Å². The van der Waals surface area contributed by atoms with Crippen LogP contribution in [-0.4, -0.2) is 27.7 Å². The summed E-state index contributed by atoms with van der Waals surface area (Å²) in [4.78, 5) is 4.11. The summed E-state index contributed by atoms with van der Waals surface area (Å²) in [7, 11) is 0. The van der Waals surface area contributed by atoms with Crippen molar-refractivity contribution >= 4 is 0 Å². The lowest BCUT2D eigenvalue weighted by atomic mass is 10.2. The molecule has 0 spiro atoms. The maximum Gasteiger partial charge on any atom is 0.108 e. The van der Waals surface area contributed by atoms with Crippen molar-refractivity contribution in [2.24, 2.45) is 0 Å². The van der Waals surface area contributed by atoms with E-state index in [1.165, 1.54) is 12.8 Å². The number of hydrogen-bond donors (Lipinski definition) is 2. The summed E-state index contributed by atoms with van der Waals surface area (Å²) in [5, 5.41) is 13.2. The van der Waals surface area contributed by atoms with Gasteiger partial charge in [0.2, 0.25) is 0 Å². The Labute approximate surface area is 90.3 Å². The highest BCUT2D eigenvalue weighted by atomic mass is 16.3. The van der Waals surface area contributed by atoms with Crippen molar-refractivity contribution in [2.45, 2.75) is 38.3 Å². The van der Waals surface area contributed by atoms with Gasteiger partial charge < -0.3 is 15.0 Å². The zero-order valence-corrected chi connectivity index (χ0v) is 9.19. The van der Waals surface area contributed by atoms with Gasteiger partial charge in [-0.25, -0.2) is 4.98 Å². The average molecular weight is 209 g/mol. The van der Waals surface area contributed by atoms with E-state index in [4.69, 9.17) is 0 Å². The van der Waals surface area contributed by atoms with Crippen molar-refractivity contribution in [2.75, 3.05) is 13.1 Å². The number of aliphatic hydroxyl groups is 1. The molecule has 1 aliphatic carbocycles. The van der Waals surface area contributed by atoms with E-state index in [1.807, 2.05) is 6.33 Å². The standard InChI is InChI=1S/C11H19N3O/c1-2-5-12-7-11(15)10-6-13-8-14(10)9-3-4-9/h6,8-9,11-12,15H,2-5,7H2,1H3. The Morgan fingerprint density at radius 2 is 2.47 bits per heavy atom. The van der Waals surface area contributed by atoms with Crippen LogP contribution in [0.3, 0.4) is 0 Å². The van der Waals surface area contributed by atoms with Gasteiger partial charge in [-0.2, -0.15) is 0 Å². The molecule has 1 heterocycles. The number of aromatic nitrogens is 2. The van der Waals surface area contributed by atoms with Crippen LogP contribution in [0.2, 0.25) is 0 Å². The maximum absolute atomic E-state index is 9.97. The SMILES string of the molecule is CCCNCC(O)c1cncn1C1CC1. The van der Waals surface area contributed by atoms with E-state index in [2.05, 4.69) is 21.8 Å². The first-order valence-electron chi connectivity index (χ1n) is 5.73. The van der Waals surface area contributed by atoms with Gasteiger partial charge >= 0.3 is 0 Å². The summed E-state index contributed by atoms with van der Waals surface area (Å²) in [6, 6.07) is 0.586. The van der Waals surface area contributed by atoms with E-state index in [9.17, 15) is 5.11 Å². The summed E-state index contributed by atoms with van der Waals surface area (Å²) >= 11 is 0. The minimum absolute atomic E-state index is 0.431. The lowest BCUT2D eigenvalue weighted by molar-refractivity contribution is 0.165. The molecule has 0 saturated heterocycles. The molecule has 4 heteroatoms. The maximum atomic E-state index is 9.97. The third-order valence-corrected chi connectivity index (χ3v) is 2.74. The first-order chi connectivity index (χ1) is 7.33. The molecule has 1 atom stereocenters. The fraction of sp³-hybridized carbons (Fsp3) is 0.727. The van der Waals surface area contributed by atoms with Gasteiger partial charge in [-0.05, 0) is 25.8 Å². The Kier molecular flexibility index (Phi) is 3.38. The number of imidazole rings is 1. The lowest BCUT2D eigenvalue weighted by Gasteiger charge is -2.13. The summed E-state index contributed by atoms with van der Waals surface area (Å²) in [5.41, 5.74) is 0.945. The fourth-order valence-electron chi connectivity index (χ4n) is 1.75. The zero-order valence-electron chi connectivity index (χ0n) is 9.19. The van der Waals surface area contributed by atoms with Crippen LogP contribution >= 0.6 is 0 Å². The van der Waals surface area contributed by atoms with E-state index in [0.29, 0.717) is 12.6 Å². The van der Waals surface area contributed by atoms with Crippen molar-refractivity contribution in [3.63, 3.8) is 0 Å². The Hall–Kier alpha value is -0.870. The topological polar surface area (TPSA) is 50.1 Å². The van der Waals surface area contributed by atoms with Crippen molar-refractivity contribution in [3.8, 4) is 0 Å². The fourth-order valence-corrected chi connectivity index (χ4v) is 1.75. The Morgan fingerprint density at radius 1 is 1.67 bits per heavy atom. The second-order valence-corrected chi connectivity index (χ2v) is 4.18. The molecule has 1 saturated carbocycles. The highest BCUT2D eigenvalue weighted by molar-refractivity contribution is 5.07. The molecule has 0 bridgehead atoms. The molecule has 0 radical (unpaired) electrons. The van der Waals surface area contributed by atoms with Gasteiger partial charge in [0, 0.05) is 12.6 Å². The van der Waals surface area contributed by atoms with Crippen LogP contribution in [0.1, 0.15) is 44.0 Å². The molecule has 0 aliphatic heterocycles. The number of hydrogen-bond acceptors (Lipinski definition) is 3. The second-order valence-electron chi connectivity index (χ2n) is 4.18. The summed E-state index contributed by atoms with van der Waals surface area (Å²) in [6.45, 7) is 3.69. The van der Waals surface area contributed by atoms with Gasteiger partial charge in [-0.1, -0.05) is 6.92 Å². The molecule has 2 rings (SSSR count). The van der Waals surface area contributed by atoms with Crippen LogP contribution in [-0.2, 0) is 0 Å². The molecule has 0 aromatic carbocycles. The number of nitrogens with zero attached hydrogens (tertiary/aromatic N) is 2. The predicted molar refractivity (Wildman–Crippen MR) is 58.6 cm³/mol. The highest BCUT2D eigenvalue weighted by Gasteiger charge is 2.27. The number of nitrogens with one attached hydrogen (secondary N) is 1. The quantitative estimate of drug-likeness (QED) is 0.693. The molecule has 2 N–H and O–H groups in total. The van der Waals surface area contributed by atoms with Crippen molar-refractivity contribution in [3.05, 3.63) is 18.2 Å². The van der Waals surface area contributed by atoms with Gasteiger partial charge in [0.15, 0.2) is 0 Å². The minimum atomic E-state index is -0.431. The smallest absolute Gasteiger partial charge is 0.108 e. The Bertz CT molecular complexity index is 307. The molecule has 4 nitrogen and oxygen atoms in total. The largest absolute Gasteiger partial charge is 0.385 e. The second kappa shape index (κ2) is 4.77. The van der Waals surface area contributed by atoms with E-state index in [1.54, 1.807) is 6.20 Å². The predicted octanol–water partition coefficient (Wildman–Crippen LogP) is 1.25. The molecule has 1 aromatic heterocycles. The molecule has 84 valence electrons. The van der Waals surface area contributed by atoms with Crippen LogP contribution in [0, 0.1) is 0 Å². The van der Waals surface area contributed by atoms with E-state index < -0.39 is 6.10 Å². The summed E-state index contributed by atoms with van der Waals surface area (Å²) in [5.74, 6) is 0. The first-order valence-corrected chi connectivity index (χ1v) is 5.73. The van der Waals surface area contributed by atoms with Crippen molar-refractivity contribution in [1.29, 1.82) is 0 Å². The van der Waals surface area contributed by atoms with E-state index >= 15 is 0 Å². The minimum Gasteiger partial charge on any atom is -0.385 e. The third kappa shape index (κ3) is 2.58. The normalized spacial score (nSPS) is 18.0. The van der Waals surface area contributed by atoms with Crippen LogP contribution in [0.5, 0.6) is 0 Å². The van der Waals surface area contributed by atoms with Gasteiger partial charge in [-0.3, -0.25) is 0 Å². The van der Waals surface area contributed by atoms with E-state index in [0.717, 1.165) is 18.7 Å². The van der Waals surface area contributed by atoms with Gasteiger partial charge in [-0.15, -0.1) is 0 Å². The third-order valence-electron chi connectivity index (χ3n) is 2.74. The monoisotopic (exact) mass is 209 g/mol. The van der Waals surface area contributed by atoms with Gasteiger partial charge in [0.05, 0.1) is 18.2 Å².